The van der Waals surface area contributed by atoms with Crippen molar-refractivity contribution in [1.29, 1.82) is 0 Å². The number of hydrogen-bond acceptors (Lipinski definition) is 4. The van der Waals surface area contributed by atoms with Crippen molar-refractivity contribution in [2.75, 3.05) is 0 Å². The lowest BCUT2D eigenvalue weighted by atomic mass is 9.81. The van der Waals surface area contributed by atoms with Crippen LogP contribution in [0.3, 0.4) is 0 Å². The van der Waals surface area contributed by atoms with Gasteiger partial charge in [-0.3, -0.25) is 0 Å². The largest absolute Gasteiger partial charge is 0.455 e. The first-order valence-electron chi connectivity index (χ1n) is 20.7. The third-order valence-electron chi connectivity index (χ3n) is 13.3. The van der Waals surface area contributed by atoms with Crippen molar-refractivity contribution in [3.05, 3.63) is 192 Å². The monoisotopic (exact) mass is 772 g/mol. The lowest BCUT2D eigenvalue weighted by Crippen LogP contribution is -2.14. The minimum Gasteiger partial charge on any atom is -0.455 e. The molecule has 0 fully saturated rings. The van der Waals surface area contributed by atoms with Crippen molar-refractivity contribution < 1.29 is 8.83 Å². The van der Waals surface area contributed by atoms with Gasteiger partial charge in [0, 0.05) is 38.3 Å². The maximum absolute atomic E-state index is 6.84. The van der Waals surface area contributed by atoms with E-state index in [0.717, 1.165) is 49.8 Å². The van der Waals surface area contributed by atoms with Crippen LogP contribution in [0.25, 0.3) is 100 Å². The van der Waals surface area contributed by atoms with Crippen LogP contribution < -0.4 is 0 Å². The lowest BCUT2D eigenvalue weighted by Gasteiger charge is -2.22. The standard InChI is InChI=1S/C56H40N2O2/c1-55(2)47-16-10-8-14-40(47)42-25-22-37(31-49(42)55)36-24-27-51-45(28-36)46-30-39(38-23-26-43-41-15-9-11-17-48(41)56(3,4)50(43)32-38)29-44(52(46)59-51)33-18-20-35(21-19-33)54-58-57-53(60-54)34-12-6-5-7-13-34/h5-32H,1-4H3. The molecule has 0 N–H and O–H groups in total. The van der Waals surface area contributed by atoms with Crippen LogP contribution in [0.2, 0.25) is 0 Å². The van der Waals surface area contributed by atoms with E-state index in [0.29, 0.717) is 11.8 Å². The van der Waals surface area contributed by atoms with Gasteiger partial charge in [-0.25, -0.2) is 0 Å². The zero-order valence-corrected chi connectivity index (χ0v) is 33.9. The molecular formula is C56H40N2O2. The van der Waals surface area contributed by atoms with E-state index < -0.39 is 0 Å². The molecule has 0 aliphatic heterocycles. The van der Waals surface area contributed by atoms with Gasteiger partial charge in [-0.2, -0.15) is 0 Å². The van der Waals surface area contributed by atoms with E-state index in [9.17, 15) is 0 Å². The number of rotatable bonds is 5. The van der Waals surface area contributed by atoms with Crippen molar-refractivity contribution >= 4 is 21.9 Å². The first-order chi connectivity index (χ1) is 29.2. The Morgan fingerprint density at radius 1 is 0.333 bits per heavy atom. The second-order valence-corrected chi connectivity index (χ2v) is 17.4. The Kier molecular flexibility index (Phi) is 7.29. The summed E-state index contributed by atoms with van der Waals surface area (Å²) in [5.74, 6) is 0.983. The van der Waals surface area contributed by atoms with Crippen LogP contribution in [0.4, 0.5) is 0 Å². The highest BCUT2D eigenvalue weighted by Crippen LogP contribution is 2.52. The van der Waals surface area contributed by atoms with Crippen LogP contribution in [-0.2, 0) is 10.8 Å². The first-order valence-corrected chi connectivity index (χ1v) is 20.7. The van der Waals surface area contributed by atoms with Gasteiger partial charge < -0.3 is 8.83 Å². The van der Waals surface area contributed by atoms with Crippen LogP contribution >= 0.6 is 0 Å². The molecule has 2 aliphatic carbocycles. The summed E-state index contributed by atoms with van der Waals surface area (Å²) in [4.78, 5) is 0. The second kappa shape index (κ2) is 12.6. The SMILES string of the molecule is CC1(C)c2ccccc2-c2ccc(-c3ccc4oc5c(-c6ccc(-c7nnc(-c8ccccc8)o7)cc6)cc(-c6ccc7c(c6)C(C)(C)c6ccccc6-7)cc5c4c3)cc21. The topological polar surface area (TPSA) is 52.1 Å². The summed E-state index contributed by atoms with van der Waals surface area (Å²) in [6.07, 6.45) is 0. The van der Waals surface area contributed by atoms with Gasteiger partial charge >= 0.3 is 0 Å². The molecule has 2 aromatic heterocycles. The minimum absolute atomic E-state index is 0.0762. The highest BCUT2D eigenvalue weighted by Gasteiger charge is 2.36. The van der Waals surface area contributed by atoms with Crippen molar-refractivity contribution in [2.45, 2.75) is 38.5 Å². The third kappa shape index (κ3) is 5.10. The fraction of sp³-hybridized carbons (Fsp3) is 0.107. The van der Waals surface area contributed by atoms with Gasteiger partial charge in [0.1, 0.15) is 11.2 Å². The Morgan fingerprint density at radius 3 is 1.43 bits per heavy atom. The summed E-state index contributed by atoms with van der Waals surface area (Å²) < 4.78 is 13.0. The van der Waals surface area contributed by atoms with Crippen LogP contribution in [-0.4, -0.2) is 10.2 Å². The van der Waals surface area contributed by atoms with E-state index in [-0.39, 0.29) is 10.8 Å². The lowest BCUT2D eigenvalue weighted by molar-refractivity contribution is 0.584. The van der Waals surface area contributed by atoms with E-state index in [1.54, 1.807) is 0 Å². The fourth-order valence-corrected chi connectivity index (χ4v) is 10.0. The van der Waals surface area contributed by atoms with Gasteiger partial charge in [-0.05, 0) is 133 Å². The van der Waals surface area contributed by atoms with Crippen molar-refractivity contribution in [3.8, 4) is 78.5 Å². The van der Waals surface area contributed by atoms with Gasteiger partial charge in [0.15, 0.2) is 0 Å². The highest BCUT2D eigenvalue weighted by molar-refractivity contribution is 6.12. The van der Waals surface area contributed by atoms with E-state index in [1.807, 2.05) is 30.3 Å². The zero-order chi connectivity index (χ0) is 40.3. The summed E-state index contributed by atoms with van der Waals surface area (Å²) in [5, 5.41) is 10.9. The van der Waals surface area contributed by atoms with Crippen molar-refractivity contribution in [3.63, 3.8) is 0 Å². The Hall–Kier alpha value is -7.30. The predicted octanol–water partition coefficient (Wildman–Crippen LogP) is 14.9. The van der Waals surface area contributed by atoms with Gasteiger partial charge in [0.2, 0.25) is 11.8 Å². The maximum atomic E-state index is 6.84. The molecule has 2 aliphatic rings. The Balaban J connectivity index is 1.01. The molecule has 0 amide bonds. The Bertz CT molecular complexity index is 3360. The smallest absolute Gasteiger partial charge is 0.248 e. The summed E-state index contributed by atoms with van der Waals surface area (Å²) in [6, 6.07) is 61.1. The molecule has 12 rings (SSSR count). The summed E-state index contributed by atoms with van der Waals surface area (Å²) in [6.45, 7) is 9.36. The molecule has 8 aromatic carbocycles. The van der Waals surface area contributed by atoms with Crippen LogP contribution in [0.1, 0.15) is 49.9 Å². The molecule has 4 nitrogen and oxygen atoms in total. The number of hydrogen-bond donors (Lipinski definition) is 0. The Morgan fingerprint density at radius 2 is 0.800 bits per heavy atom. The van der Waals surface area contributed by atoms with Crippen LogP contribution in [0.15, 0.2) is 179 Å². The normalized spacial score (nSPS) is 14.3. The number of furan rings is 1. The molecule has 4 heteroatoms. The summed E-state index contributed by atoms with van der Waals surface area (Å²) in [5.41, 5.74) is 20.8. The summed E-state index contributed by atoms with van der Waals surface area (Å²) in [7, 11) is 0. The molecule has 0 radical (unpaired) electrons. The molecule has 0 saturated heterocycles. The number of benzene rings is 8. The predicted molar refractivity (Wildman–Crippen MR) is 244 cm³/mol. The molecule has 286 valence electrons. The molecule has 60 heavy (non-hydrogen) atoms. The molecular weight excluding hydrogens is 733 g/mol. The average molecular weight is 773 g/mol. The van der Waals surface area contributed by atoms with Gasteiger partial charge in [-0.15, -0.1) is 10.2 Å². The number of nitrogens with zero attached hydrogens (tertiary/aromatic N) is 2. The fourth-order valence-electron chi connectivity index (χ4n) is 10.0. The molecule has 0 atom stereocenters. The molecule has 0 unspecified atom stereocenters. The van der Waals surface area contributed by atoms with E-state index >= 15 is 0 Å². The molecule has 10 aromatic rings. The Labute approximate surface area is 348 Å². The first kappa shape index (κ1) is 34.7. The number of fused-ring (bicyclic) bond motifs is 9. The molecule has 0 saturated carbocycles. The zero-order valence-electron chi connectivity index (χ0n) is 33.9. The van der Waals surface area contributed by atoms with E-state index in [2.05, 4.69) is 177 Å². The quantitative estimate of drug-likeness (QED) is 0.175. The summed E-state index contributed by atoms with van der Waals surface area (Å²) >= 11 is 0. The average Bonchev–Trinajstić information content (AvgIpc) is 4.04. The van der Waals surface area contributed by atoms with Crippen molar-refractivity contribution in [1.82, 2.24) is 10.2 Å². The third-order valence-corrected chi connectivity index (χ3v) is 13.3. The highest BCUT2D eigenvalue weighted by atomic mass is 16.4. The van der Waals surface area contributed by atoms with E-state index in [4.69, 9.17) is 8.83 Å². The molecule has 2 heterocycles. The van der Waals surface area contributed by atoms with Crippen LogP contribution in [0, 0.1) is 0 Å². The number of aromatic nitrogens is 2. The van der Waals surface area contributed by atoms with E-state index in [1.165, 1.54) is 61.2 Å². The van der Waals surface area contributed by atoms with Gasteiger partial charge in [0.25, 0.3) is 0 Å². The molecule has 0 spiro atoms. The van der Waals surface area contributed by atoms with Crippen molar-refractivity contribution in [2.24, 2.45) is 0 Å². The maximum Gasteiger partial charge on any atom is 0.248 e. The minimum atomic E-state index is -0.108. The van der Waals surface area contributed by atoms with Gasteiger partial charge in [-0.1, -0.05) is 137 Å². The van der Waals surface area contributed by atoms with Gasteiger partial charge in [0.05, 0.1) is 0 Å². The molecule has 0 bridgehead atoms. The second-order valence-electron chi connectivity index (χ2n) is 17.4. The van der Waals surface area contributed by atoms with Crippen LogP contribution in [0.5, 0.6) is 0 Å².